The zero-order valence-electron chi connectivity index (χ0n) is 9.82. The smallest absolute Gasteiger partial charge is 0.410 e. The summed E-state index contributed by atoms with van der Waals surface area (Å²) in [5.74, 6) is 0. The first-order valence-corrected chi connectivity index (χ1v) is 5.62. The largest absolute Gasteiger partial charge is 0.449 e. The van der Waals surface area contributed by atoms with Crippen molar-refractivity contribution in [3.63, 3.8) is 0 Å². The van der Waals surface area contributed by atoms with Crippen molar-refractivity contribution in [3.05, 3.63) is 0 Å². The number of amides is 1. The van der Waals surface area contributed by atoms with Crippen LogP contribution in [0, 0.1) is 0 Å². The van der Waals surface area contributed by atoms with Gasteiger partial charge in [0.1, 0.15) is 0 Å². The van der Waals surface area contributed by atoms with Crippen LogP contribution in [0.2, 0.25) is 0 Å². The second-order valence-electron chi connectivity index (χ2n) is 4.58. The molecule has 1 heterocycles. The van der Waals surface area contributed by atoms with Crippen molar-refractivity contribution < 1.29 is 14.6 Å². The quantitative estimate of drug-likeness (QED) is 0.730. The zero-order valence-corrected chi connectivity index (χ0v) is 9.82. The Bertz CT molecular complexity index is 228. The van der Waals surface area contributed by atoms with E-state index in [0.717, 1.165) is 12.8 Å². The number of hydrogen-bond acceptors (Lipinski definition) is 3. The Morgan fingerprint density at radius 1 is 1.60 bits per heavy atom. The third-order valence-electron chi connectivity index (χ3n) is 3.08. The van der Waals surface area contributed by atoms with Gasteiger partial charge < -0.3 is 14.7 Å². The lowest BCUT2D eigenvalue weighted by Gasteiger charge is -2.32. The number of hydrogen-bond donors (Lipinski definition) is 1. The normalized spacial score (nSPS) is 24.3. The van der Waals surface area contributed by atoms with E-state index >= 15 is 0 Å². The lowest BCUT2D eigenvalue weighted by molar-refractivity contribution is 0.0379. The first-order valence-electron chi connectivity index (χ1n) is 5.62. The molecule has 0 bridgehead atoms. The minimum absolute atomic E-state index is 0.301. The lowest BCUT2D eigenvalue weighted by Crippen LogP contribution is -2.48. The number of rotatable bonds is 3. The lowest BCUT2D eigenvalue weighted by atomic mass is 9.99. The molecule has 0 radical (unpaired) electrons. The molecular formula is C11H21NO3. The molecule has 1 aliphatic rings. The second-order valence-corrected chi connectivity index (χ2v) is 4.58. The summed E-state index contributed by atoms with van der Waals surface area (Å²) >= 11 is 0. The standard InChI is InChI=1S/C11H21NO3/c1-4-5-8-15-10(14)12-7-6-9(13)11(12,2)3/h9,13H,4-8H2,1-3H3. The fourth-order valence-corrected chi connectivity index (χ4v) is 1.78. The average Bonchev–Trinajstić information content (AvgIpc) is 2.42. The van der Waals surface area contributed by atoms with Crippen LogP contribution in [0.15, 0.2) is 0 Å². The number of carbonyl (C=O) groups is 1. The van der Waals surface area contributed by atoms with Crippen LogP contribution in [0.1, 0.15) is 40.0 Å². The average molecular weight is 215 g/mol. The van der Waals surface area contributed by atoms with E-state index in [1.54, 1.807) is 4.90 Å². The highest BCUT2D eigenvalue weighted by Gasteiger charge is 2.43. The predicted octanol–water partition coefficient (Wildman–Crippen LogP) is 1.77. The monoisotopic (exact) mass is 215 g/mol. The summed E-state index contributed by atoms with van der Waals surface area (Å²) < 4.78 is 5.13. The Morgan fingerprint density at radius 2 is 2.27 bits per heavy atom. The Hall–Kier alpha value is -0.770. The van der Waals surface area contributed by atoms with E-state index in [1.165, 1.54) is 0 Å². The fraction of sp³-hybridized carbons (Fsp3) is 0.909. The SMILES string of the molecule is CCCCOC(=O)N1CCC(O)C1(C)C. The number of carbonyl (C=O) groups excluding carboxylic acids is 1. The third-order valence-corrected chi connectivity index (χ3v) is 3.08. The summed E-state index contributed by atoms with van der Waals surface area (Å²) in [6, 6.07) is 0. The van der Waals surface area contributed by atoms with Crippen molar-refractivity contribution in [2.45, 2.75) is 51.7 Å². The molecular weight excluding hydrogens is 194 g/mol. The molecule has 1 N–H and O–H groups in total. The van der Waals surface area contributed by atoms with Crippen molar-refractivity contribution in [2.24, 2.45) is 0 Å². The molecule has 0 saturated carbocycles. The highest BCUT2D eigenvalue weighted by molar-refractivity contribution is 5.69. The molecule has 0 aromatic carbocycles. The van der Waals surface area contributed by atoms with Gasteiger partial charge in [0.2, 0.25) is 0 Å². The summed E-state index contributed by atoms with van der Waals surface area (Å²) in [5.41, 5.74) is -0.497. The summed E-state index contributed by atoms with van der Waals surface area (Å²) in [4.78, 5) is 13.3. The number of ether oxygens (including phenoxy) is 1. The molecule has 0 spiro atoms. The second kappa shape index (κ2) is 4.84. The van der Waals surface area contributed by atoms with Crippen LogP contribution in [0.3, 0.4) is 0 Å². The number of nitrogens with zero attached hydrogens (tertiary/aromatic N) is 1. The molecule has 0 aromatic rings. The zero-order chi connectivity index (χ0) is 11.5. The molecule has 0 aliphatic carbocycles. The molecule has 1 saturated heterocycles. The van der Waals surface area contributed by atoms with Gasteiger partial charge in [-0.3, -0.25) is 0 Å². The van der Waals surface area contributed by atoms with E-state index in [9.17, 15) is 9.90 Å². The van der Waals surface area contributed by atoms with Crippen molar-refractivity contribution >= 4 is 6.09 Å². The Labute approximate surface area is 91.2 Å². The number of unbranched alkanes of at least 4 members (excludes halogenated alkanes) is 1. The van der Waals surface area contributed by atoms with Gasteiger partial charge in [-0.05, 0) is 26.7 Å². The van der Waals surface area contributed by atoms with Gasteiger partial charge in [0.25, 0.3) is 0 Å². The predicted molar refractivity (Wildman–Crippen MR) is 57.7 cm³/mol. The van der Waals surface area contributed by atoms with E-state index in [-0.39, 0.29) is 6.09 Å². The van der Waals surface area contributed by atoms with Gasteiger partial charge in [-0.1, -0.05) is 13.3 Å². The maximum atomic E-state index is 11.7. The Morgan fingerprint density at radius 3 is 2.73 bits per heavy atom. The number of aliphatic hydroxyl groups excluding tert-OH is 1. The summed E-state index contributed by atoms with van der Waals surface area (Å²) in [6.45, 7) is 6.84. The van der Waals surface area contributed by atoms with Crippen LogP contribution in [-0.2, 0) is 4.74 Å². The van der Waals surface area contributed by atoms with E-state index < -0.39 is 11.6 Å². The molecule has 1 rings (SSSR count). The van der Waals surface area contributed by atoms with Gasteiger partial charge in [0.05, 0.1) is 18.2 Å². The van der Waals surface area contributed by atoms with Crippen molar-refractivity contribution in [1.82, 2.24) is 4.90 Å². The van der Waals surface area contributed by atoms with Gasteiger partial charge in [0, 0.05) is 6.54 Å². The van der Waals surface area contributed by atoms with Crippen LogP contribution in [0.25, 0.3) is 0 Å². The molecule has 1 aliphatic heterocycles. The molecule has 4 heteroatoms. The summed E-state index contributed by atoms with van der Waals surface area (Å²) in [7, 11) is 0. The van der Waals surface area contributed by atoms with Gasteiger partial charge in [0.15, 0.2) is 0 Å². The van der Waals surface area contributed by atoms with E-state index in [1.807, 2.05) is 13.8 Å². The molecule has 4 nitrogen and oxygen atoms in total. The maximum Gasteiger partial charge on any atom is 0.410 e. The minimum Gasteiger partial charge on any atom is -0.449 e. The number of aliphatic hydroxyl groups is 1. The minimum atomic E-state index is -0.497. The summed E-state index contributed by atoms with van der Waals surface area (Å²) in [5, 5.41) is 9.70. The molecule has 1 atom stereocenters. The first-order chi connectivity index (χ1) is 7.00. The Balaban J connectivity index is 2.46. The van der Waals surface area contributed by atoms with Crippen LogP contribution in [0.4, 0.5) is 4.79 Å². The summed E-state index contributed by atoms with van der Waals surface area (Å²) in [6.07, 6.45) is 1.79. The van der Waals surface area contributed by atoms with E-state index in [0.29, 0.717) is 19.6 Å². The molecule has 1 fully saturated rings. The fourth-order valence-electron chi connectivity index (χ4n) is 1.78. The van der Waals surface area contributed by atoms with Crippen molar-refractivity contribution in [1.29, 1.82) is 0 Å². The third kappa shape index (κ3) is 2.62. The molecule has 15 heavy (non-hydrogen) atoms. The Kier molecular flexibility index (Phi) is 3.97. The van der Waals surface area contributed by atoms with Crippen molar-refractivity contribution in [2.75, 3.05) is 13.2 Å². The van der Waals surface area contributed by atoms with Gasteiger partial charge in [-0.2, -0.15) is 0 Å². The van der Waals surface area contributed by atoms with Gasteiger partial charge >= 0.3 is 6.09 Å². The first kappa shape index (κ1) is 12.3. The van der Waals surface area contributed by atoms with Crippen LogP contribution in [-0.4, -0.2) is 40.9 Å². The van der Waals surface area contributed by atoms with Crippen LogP contribution < -0.4 is 0 Å². The van der Waals surface area contributed by atoms with Crippen LogP contribution in [0.5, 0.6) is 0 Å². The highest BCUT2D eigenvalue weighted by atomic mass is 16.6. The van der Waals surface area contributed by atoms with E-state index in [4.69, 9.17) is 4.74 Å². The molecule has 0 aromatic heterocycles. The van der Waals surface area contributed by atoms with Crippen molar-refractivity contribution in [3.8, 4) is 0 Å². The molecule has 1 amide bonds. The number of likely N-dealkylation sites (tertiary alicyclic amines) is 1. The highest BCUT2D eigenvalue weighted by Crippen LogP contribution is 2.29. The molecule has 88 valence electrons. The van der Waals surface area contributed by atoms with Gasteiger partial charge in [-0.25, -0.2) is 4.79 Å². The topological polar surface area (TPSA) is 49.8 Å². The van der Waals surface area contributed by atoms with Gasteiger partial charge in [-0.15, -0.1) is 0 Å². The molecule has 1 unspecified atom stereocenters. The maximum absolute atomic E-state index is 11.7. The van der Waals surface area contributed by atoms with Crippen LogP contribution >= 0.6 is 0 Å². The van der Waals surface area contributed by atoms with E-state index in [2.05, 4.69) is 6.92 Å².